The molecule has 0 bridgehead atoms. The molecule has 1 aliphatic rings. The Hall–Kier alpha value is -3.49. The summed E-state index contributed by atoms with van der Waals surface area (Å²) in [4.78, 5) is 39.5. The van der Waals surface area contributed by atoms with E-state index in [1.165, 1.54) is 7.11 Å². The lowest BCUT2D eigenvalue weighted by atomic mass is 10.0. The first-order chi connectivity index (χ1) is 19.2. The predicted molar refractivity (Wildman–Crippen MR) is 153 cm³/mol. The topological polar surface area (TPSA) is 111 Å². The first kappa shape index (κ1) is 29.5. The van der Waals surface area contributed by atoms with E-state index >= 15 is 0 Å². The lowest BCUT2D eigenvalue weighted by Crippen LogP contribution is -2.32. The highest BCUT2D eigenvalue weighted by atomic mass is 35.5. The highest BCUT2D eigenvalue weighted by Crippen LogP contribution is 2.43. The van der Waals surface area contributed by atoms with Gasteiger partial charge in [0.1, 0.15) is 0 Å². The smallest absolute Gasteiger partial charge is 0.332 e. The zero-order chi connectivity index (χ0) is 28.8. The molecule has 0 saturated heterocycles. The standard InChI is InChI=1S/C29H30ClN2O7P/c1-18-7-4-5-8-22(18)28(34)31-21-11-12-23(19(2)15-21)29(35)32-14-6-9-26(24-16-20(30)10-13-25(24)32)39-40(36)38-17-27(33)37-3/h4-5,7-8,10-13,15-16,26,40H,6,9,14,17H2,1-3H3,(H,31,34). The number of benzene rings is 3. The molecule has 3 aromatic rings. The minimum Gasteiger partial charge on any atom is -0.467 e. The van der Waals surface area contributed by atoms with Crippen LogP contribution in [-0.2, 0) is 23.1 Å². The summed E-state index contributed by atoms with van der Waals surface area (Å²) in [5.41, 5.74) is 4.37. The Morgan fingerprint density at radius 1 is 1.02 bits per heavy atom. The lowest BCUT2D eigenvalue weighted by Gasteiger charge is -2.25. The number of nitrogens with one attached hydrogen (secondary N) is 1. The minimum absolute atomic E-state index is 0.226. The van der Waals surface area contributed by atoms with Crippen molar-refractivity contribution in [2.24, 2.45) is 0 Å². The molecule has 40 heavy (non-hydrogen) atoms. The number of nitrogens with zero attached hydrogens (tertiary/aromatic N) is 1. The molecular formula is C29H30ClN2O7P. The number of aryl methyl sites for hydroxylation is 2. The second-order valence-electron chi connectivity index (χ2n) is 9.32. The van der Waals surface area contributed by atoms with Crippen molar-refractivity contribution in [3.05, 3.63) is 93.5 Å². The van der Waals surface area contributed by atoms with Gasteiger partial charge < -0.3 is 19.5 Å². The highest BCUT2D eigenvalue weighted by molar-refractivity contribution is 7.33. The molecule has 0 aliphatic carbocycles. The van der Waals surface area contributed by atoms with Gasteiger partial charge in [-0.25, -0.2) is 4.79 Å². The maximum Gasteiger partial charge on any atom is 0.332 e. The van der Waals surface area contributed by atoms with Crippen LogP contribution >= 0.6 is 19.9 Å². The van der Waals surface area contributed by atoms with E-state index in [4.69, 9.17) is 20.6 Å². The molecule has 2 unspecified atom stereocenters. The van der Waals surface area contributed by atoms with Gasteiger partial charge in [0.2, 0.25) is 0 Å². The van der Waals surface area contributed by atoms with Gasteiger partial charge in [0.15, 0.2) is 6.61 Å². The molecule has 2 atom stereocenters. The summed E-state index contributed by atoms with van der Waals surface area (Å²) in [5.74, 6) is -1.12. The van der Waals surface area contributed by atoms with Crippen LogP contribution in [0.3, 0.4) is 0 Å². The number of esters is 1. The SMILES string of the molecule is COC(=O)CO[PH](=O)OC1CCCN(C(=O)c2ccc(NC(=O)c3ccccc3C)cc2C)c2ccc(Cl)cc21. The molecule has 0 fully saturated rings. The Bertz CT molecular complexity index is 1460. The second-order valence-corrected chi connectivity index (χ2v) is 10.8. The molecule has 1 N–H and O–H groups in total. The van der Waals surface area contributed by atoms with Crippen molar-refractivity contribution in [3.8, 4) is 0 Å². The molecule has 1 aliphatic heterocycles. The van der Waals surface area contributed by atoms with Crippen LogP contribution in [0.1, 0.15) is 56.4 Å². The van der Waals surface area contributed by atoms with Gasteiger partial charge in [-0.2, -0.15) is 0 Å². The van der Waals surface area contributed by atoms with Crippen LogP contribution in [0.2, 0.25) is 5.02 Å². The van der Waals surface area contributed by atoms with E-state index in [9.17, 15) is 18.9 Å². The molecule has 0 radical (unpaired) electrons. The van der Waals surface area contributed by atoms with Crippen molar-refractivity contribution < 1.29 is 32.7 Å². The number of fused-ring (bicyclic) bond motifs is 1. The number of methoxy groups -OCH3 is 1. The molecular weight excluding hydrogens is 555 g/mol. The van der Waals surface area contributed by atoms with E-state index in [0.29, 0.717) is 58.0 Å². The zero-order valence-corrected chi connectivity index (χ0v) is 24.1. The summed E-state index contributed by atoms with van der Waals surface area (Å²) in [5, 5.41) is 3.33. The molecule has 0 saturated carbocycles. The number of ether oxygens (including phenoxy) is 1. The number of anilines is 2. The van der Waals surface area contributed by atoms with Crippen molar-refractivity contribution in [2.75, 3.05) is 30.5 Å². The summed E-state index contributed by atoms with van der Waals surface area (Å²) in [7, 11) is -1.82. The normalized spacial score (nSPS) is 15.5. The van der Waals surface area contributed by atoms with E-state index in [0.717, 1.165) is 5.56 Å². The summed E-state index contributed by atoms with van der Waals surface area (Å²) < 4.78 is 27.6. The third-order valence-corrected chi connectivity index (χ3v) is 7.69. The third kappa shape index (κ3) is 6.98. The fourth-order valence-corrected chi connectivity index (χ4v) is 5.51. The van der Waals surface area contributed by atoms with E-state index in [1.54, 1.807) is 47.4 Å². The predicted octanol–water partition coefficient (Wildman–Crippen LogP) is 6.29. The molecule has 2 amide bonds. The first-order valence-corrected chi connectivity index (χ1v) is 14.3. The average molecular weight is 585 g/mol. The number of rotatable bonds is 8. The number of amides is 2. The number of carbonyl (C=O) groups is 3. The van der Waals surface area contributed by atoms with Crippen molar-refractivity contribution in [2.45, 2.75) is 32.8 Å². The maximum atomic E-state index is 13.8. The molecule has 4 rings (SSSR count). The van der Waals surface area contributed by atoms with Crippen LogP contribution in [0.5, 0.6) is 0 Å². The first-order valence-electron chi connectivity index (χ1n) is 12.7. The highest BCUT2D eigenvalue weighted by Gasteiger charge is 2.30. The Labute approximate surface area is 238 Å². The van der Waals surface area contributed by atoms with Crippen LogP contribution in [0.25, 0.3) is 0 Å². The van der Waals surface area contributed by atoms with Crippen molar-refractivity contribution >= 4 is 49.0 Å². The summed E-state index contributed by atoms with van der Waals surface area (Å²) >= 11 is 6.28. The molecule has 0 aromatic heterocycles. The number of halogens is 1. The van der Waals surface area contributed by atoms with Gasteiger partial charge >= 0.3 is 14.2 Å². The van der Waals surface area contributed by atoms with Crippen molar-refractivity contribution in [1.82, 2.24) is 0 Å². The minimum atomic E-state index is -3.03. The Morgan fingerprint density at radius 3 is 2.52 bits per heavy atom. The van der Waals surface area contributed by atoms with Gasteiger partial charge in [0.25, 0.3) is 11.8 Å². The van der Waals surface area contributed by atoms with Crippen LogP contribution in [0.4, 0.5) is 11.4 Å². The van der Waals surface area contributed by atoms with Gasteiger partial charge in [-0.05, 0) is 80.3 Å². The molecule has 1 heterocycles. The Morgan fingerprint density at radius 2 is 1.80 bits per heavy atom. The van der Waals surface area contributed by atoms with Gasteiger partial charge in [0.05, 0.1) is 13.2 Å². The largest absolute Gasteiger partial charge is 0.467 e. The Balaban J connectivity index is 1.55. The fourth-order valence-electron chi connectivity index (χ4n) is 4.55. The van der Waals surface area contributed by atoms with Crippen molar-refractivity contribution in [3.63, 3.8) is 0 Å². The number of hydrogen-bond acceptors (Lipinski definition) is 7. The Kier molecular flexibility index (Phi) is 9.76. The molecule has 9 nitrogen and oxygen atoms in total. The van der Waals surface area contributed by atoms with E-state index < -0.39 is 26.9 Å². The van der Waals surface area contributed by atoms with Gasteiger partial charge in [-0.3, -0.25) is 18.7 Å². The van der Waals surface area contributed by atoms with Gasteiger partial charge in [-0.1, -0.05) is 29.8 Å². The average Bonchev–Trinajstić information content (AvgIpc) is 3.10. The fraction of sp³-hybridized carbons (Fsp3) is 0.276. The van der Waals surface area contributed by atoms with E-state index in [-0.39, 0.29) is 11.8 Å². The summed E-state index contributed by atoms with van der Waals surface area (Å²) in [6.45, 7) is 3.59. The van der Waals surface area contributed by atoms with E-state index in [1.807, 2.05) is 32.0 Å². The zero-order valence-electron chi connectivity index (χ0n) is 22.4. The second kappa shape index (κ2) is 13.2. The number of carbonyl (C=O) groups excluding carboxylic acids is 3. The molecule has 0 spiro atoms. The van der Waals surface area contributed by atoms with Crippen LogP contribution in [0, 0.1) is 13.8 Å². The van der Waals surface area contributed by atoms with Crippen LogP contribution in [-0.4, -0.2) is 38.0 Å². The van der Waals surface area contributed by atoms with Crippen LogP contribution < -0.4 is 10.2 Å². The maximum absolute atomic E-state index is 13.8. The third-order valence-electron chi connectivity index (χ3n) is 6.60. The number of hydrogen-bond donors (Lipinski definition) is 1. The molecule has 11 heteroatoms. The monoisotopic (exact) mass is 584 g/mol. The molecule has 3 aromatic carbocycles. The molecule has 210 valence electrons. The van der Waals surface area contributed by atoms with Crippen molar-refractivity contribution in [1.29, 1.82) is 0 Å². The van der Waals surface area contributed by atoms with Crippen LogP contribution in [0.15, 0.2) is 60.7 Å². The van der Waals surface area contributed by atoms with Gasteiger partial charge in [0, 0.05) is 39.6 Å². The van der Waals surface area contributed by atoms with Gasteiger partial charge in [-0.15, -0.1) is 0 Å². The lowest BCUT2D eigenvalue weighted by molar-refractivity contribution is -0.143. The van der Waals surface area contributed by atoms with E-state index in [2.05, 4.69) is 10.1 Å². The summed E-state index contributed by atoms with van der Waals surface area (Å²) in [6.07, 6.45) is 0.354. The summed E-state index contributed by atoms with van der Waals surface area (Å²) in [6, 6.07) is 17.6. The quantitative estimate of drug-likeness (QED) is 0.245.